The van der Waals surface area contributed by atoms with Crippen LogP contribution in [0.3, 0.4) is 0 Å². The van der Waals surface area contributed by atoms with Crippen molar-refractivity contribution in [3.8, 4) is 0 Å². The second-order valence-corrected chi connectivity index (χ2v) is 14.8. The molecule has 0 aromatic heterocycles. The van der Waals surface area contributed by atoms with E-state index in [0.29, 0.717) is 48.8 Å². The van der Waals surface area contributed by atoms with Crippen LogP contribution in [0.25, 0.3) is 0 Å². The molecule has 2 atom stereocenters. The average Bonchev–Trinajstić information content (AvgIpc) is 3.02. The molecule has 2 aromatic rings. The Labute approximate surface area is 257 Å². The van der Waals surface area contributed by atoms with E-state index in [0.717, 1.165) is 63.1 Å². The quantitative estimate of drug-likeness (QED) is 0.394. The maximum atomic E-state index is 13.9. The van der Waals surface area contributed by atoms with Crippen molar-refractivity contribution in [3.63, 3.8) is 0 Å². The maximum absolute atomic E-state index is 13.9. The first-order valence-corrected chi connectivity index (χ1v) is 17.4. The van der Waals surface area contributed by atoms with Crippen molar-refractivity contribution in [2.75, 3.05) is 40.9 Å². The highest BCUT2D eigenvalue weighted by Crippen LogP contribution is 2.59. The lowest BCUT2D eigenvalue weighted by molar-refractivity contribution is -0.157. The number of hydrogen-bond acceptors (Lipinski definition) is 5. The SMILES string of the molecule is O=C(CC1C2CC3CC1CC(O)(C3)C2)N1CCN(c2ccc(N3CCC(OC4CCCCC4)CC3)cc2)c2ccccc21. The molecule has 6 nitrogen and oxygen atoms in total. The molecule has 9 rings (SSSR count). The van der Waals surface area contributed by atoms with Crippen molar-refractivity contribution in [1.29, 1.82) is 0 Å². The van der Waals surface area contributed by atoms with Gasteiger partial charge < -0.3 is 24.5 Å². The summed E-state index contributed by atoms with van der Waals surface area (Å²) in [6.45, 7) is 3.62. The third-order valence-corrected chi connectivity index (χ3v) is 12.1. The Morgan fingerprint density at radius 3 is 2.12 bits per heavy atom. The standard InChI is InChI=1S/C37H49N3O3/c41-36(22-33-27-20-26-21-28(33)25-37(42,23-26)24-27)40-19-18-39(34-8-4-5-9-35(34)40)30-12-10-29(11-13-30)38-16-14-32(15-17-38)43-31-6-2-1-3-7-31/h4-5,8-13,26-28,31-33,42H,1-3,6-7,14-25H2. The molecule has 6 fully saturated rings. The van der Waals surface area contributed by atoms with Crippen LogP contribution >= 0.6 is 0 Å². The van der Waals surface area contributed by atoms with Gasteiger partial charge in [0.05, 0.1) is 29.2 Å². The van der Waals surface area contributed by atoms with Gasteiger partial charge in [-0.1, -0.05) is 31.4 Å². The highest BCUT2D eigenvalue weighted by molar-refractivity contribution is 5.99. The zero-order valence-corrected chi connectivity index (χ0v) is 25.7. The lowest BCUT2D eigenvalue weighted by atomic mass is 9.49. The number of fused-ring (bicyclic) bond motifs is 1. The van der Waals surface area contributed by atoms with Crippen molar-refractivity contribution in [2.45, 2.75) is 101 Å². The summed E-state index contributed by atoms with van der Waals surface area (Å²) in [7, 11) is 0. The second-order valence-electron chi connectivity index (χ2n) is 14.8. The molecule has 0 radical (unpaired) electrons. The summed E-state index contributed by atoms with van der Waals surface area (Å²) in [6.07, 6.45) is 15.5. The third-order valence-electron chi connectivity index (χ3n) is 12.1. The molecule has 5 aliphatic carbocycles. The van der Waals surface area contributed by atoms with E-state index in [-0.39, 0.29) is 5.91 Å². The summed E-state index contributed by atoms with van der Waals surface area (Å²) in [5, 5.41) is 11.0. The van der Waals surface area contributed by atoms with Crippen molar-refractivity contribution in [1.82, 2.24) is 0 Å². The Balaban J connectivity index is 0.914. The fourth-order valence-electron chi connectivity index (χ4n) is 10.2. The van der Waals surface area contributed by atoms with Crippen LogP contribution in [0.4, 0.5) is 22.7 Å². The molecule has 1 N–H and O–H groups in total. The molecule has 2 aromatic carbocycles. The minimum atomic E-state index is -0.441. The van der Waals surface area contributed by atoms with Gasteiger partial charge in [-0.05, 0) is 118 Å². The predicted octanol–water partition coefficient (Wildman–Crippen LogP) is 7.07. The van der Waals surface area contributed by atoms with Crippen LogP contribution < -0.4 is 14.7 Å². The minimum absolute atomic E-state index is 0.266. The number of rotatable bonds is 6. The molecule has 2 aliphatic heterocycles. The first-order chi connectivity index (χ1) is 21.0. The average molecular weight is 584 g/mol. The van der Waals surface area contributed by atoms with Crippen molar-refractivity contribution < 1.29 is 14.6 Å². The maximum Gasteiger partial charge on any atom is 0.227 e. The second kappa shape index (κ2) is 11.4. The molecule has 43 heavy (non-hydrogen) atoms. The smallest absolute Gasteiger partial charge is 0.227 e. The molecule has 1 amide bonds. The van der Waals surface area contributed by atoms with Gasteiger partial charge >= 0.3 is 0 Å². The molecule has 2 unspecified atom stereocenters. The van der Waals surface area contributed by atoms with Gasteiger partial charge in [0.25, 0.3) is 0 Å². The summed E-state index contributed by atoms with van der Waals surface area (Å²) in [5.41, 5.74) is 4.19. The number of ether oxygens (including phenoxy) is 1. The molecule has 0 spiro atoms. The third kappa shape index (κ3) is 5.48. The Kier molecular flexibility index (Phi) is 7.42. The summed E-state index contributed by atoms with van der Waals surface area (Å²) in [4.78, 5) is 20.8. The highest BCUT2D eigenvalue weighted by atomic mass is 16.5. The number of anilines is 4. The summed E-state index contributed by atoms with van der Waals surface area (Å²) in [5.74, 6) is 2.42. The lowest BCUT2D eigenvalue weighted by Crippen LogP contribution is -2.55. The Bertz CT molecular complexity index is 1280. The number of para-hydroxylation sites is 2. The van der Waals surface area contributed by atoms with Crippen LogP contribution in [0.1, 0.15) is 83.5 Å². The van der Waals surface area contributed by atoms with Crippen LogP contribution in [-0.4, -0.2) is 55.0 Å². The highest BCUT2D eigenvalue weighted by Gasteiger charge is 2.55. The van der Waals surface area contributed by atoms with Gasteiger partial charge in [-0.15, -0.1) is 0 Å². The van der Waals surface area contributed by atoms with Crippen LogP contribution in [-0.2, 0) is 9.53 Å². The van der Waals surface area contributed by atoms with Crippen molar-refractivity contribution in [2.24, 2.45) is 23.7 Å². The fourth-order valence-corrected chi connectivity index (χ4v) is 10.2. The molecule has 6 heteroatoms. The normalized spacial score (nSPS) is 32.7. The van der Waals surface area contributed by atoms with Gasteiger partial charge in [-0.2, -0.15) is 0 Å². The number of benzene rings is 2. The summed E-state index contributed by atoms with van der Waals surface area (Å²) < 4.78 is 6.47. The Hall–Kier alpha value is -2.57. The van der Waals surface area contributed by atoms with Crippen LogP contribution in [0, 0.1) is 23.7 Å². The number of nitrogens with zero attached hydrogens (tertiary/aromatic N) is 3. The van der Waals surface area contributed by atoms with E-state index in [1.807, 2.05) is 0 Å². The molecule has 2 heterocycles. The van der Waals surface area contributed by atoms with Crippen LogP contribution in [0.2, 0.25) is 0 Å². The van der Waals surface area contributed by atoms with E-state index < -0.39 is 5.60 Å². The van der Waals surface area contributed by atoms with Gasteiger partial charge in [0.15, 0.2) is 0 Å². The summed E-state index contributed by atoms with van der Waals surface area (Å²) >= 11 is 0. The molecule has 1 saturated heterocycles. The largest absolute Gasteiger partial charge is 0.390 e. The van der Waals surface area contributed by atoms with E-state index in [9.17, 15) is 9.90 Å². The van der Waals surface area contributed by atoms with Gasteiger partial charge in [-0.25, -0.2) is 0 Å². The fraction of sp³-hybridized carbons (Fsp3) is 0.649. The lowest BCUT2D eigenvalue weighted by Gasteiger charge is -2.58. The molecule has 230 valence electrons. The van der Waals surface area contributed by atoms with Crippen molar-refractivity contribution >= 4 is 28.7 Å². The first-order valence-electron chi connectivity index (χ1n) is 17.4. The van der Waals surface area contributed by atoms with E-state index in [1.165, 1.54) is 56.3 Å². The van der Waals surface area contributed by atoms with E-state index >= 15 is 0 Å². The number of amides is 1. The van der Waals surface area contributed by atoms with Gasteiger partial charge in [0.2, 0.25) is 5.91 Å². The van der Waals surface area contributed by atoms with Crippen LogP contribution in [0.5, 0.6) is 0 Å². The van der Waals surface area contributed by atoms with Gasteiger partial charge in [0, 0.05) is 44.0 Å². The number of aliphatic hydroxyl groups is 1. The monoisotopic (exact) mass is 583 g/mol. The molecular formula is C37H49N3O3. The zero-order valence-electron chi connectivity index (χ0n) is 25.7. The zero-order chi connectivity index (χ0) is 29.0. The minimum Gasteiger partial charge on any atom is -0.390 e. The number of hydrogen-bond donors (Lipinski definition) is 1. The van der Waals surface area contributed by atoms with Crippen LogP contribution in [0.15, 0.2) is 48.5 Å². The molecule has 4 bridgehead atoms. The molecule has 7 aliphatic rings. The van der Waals surface area contributed by atoms with Gasteiger partial charge in [0.1, 0.15) is 0 Å². The van der Waals surface area contributed by atoms with Crippen molar-refractivity contribution in [3.05, 3.63) is 48.5 Å². The van der Waals surface area contributed by atoms with E-state index in [1.54, 1.807) is 0 Å². The Morgan fingerprint density at radius 1 is 0.767 bits per heavy atom. The topological polar surface area (TPSA) is 56.2 Å². The number of carbonyl (C=O) groups is 1. The molecular weight excluding hydrogens is 534 g/mol. The van der Waals surface area contributed by atoms with E-state index in [4.69, 9.17) is 4.74 Å². The Morgan fingerprint density at radius 2 is 1.42 bits per heavy atom. The van der Waals surface area contributed by atoms with E-state index in [2.05, 4.69) is 63.2 Å². The van der Waals surface area contributed by atoms with Gasteiger partial charge in [-0.3, -0.25) is 4.79 Å². The predicted molar refractivity (Wildman–Crippen MR) is 172 cm³/mol. The first kappa shape index (κ1) is 27.9. The number of carbonyl (C=O) groups excluding carboxylic acids is 1. The number of piperidine rings is 1. The molecule has 5 saturated carbocycles. The summed E-state index contributed by atoms with van der Waals surface area (Å²) in [6, 6.07) is 17.5.